The molecule has 0 atom stereocenters. The highest BCUT2D eigenvalue weighted by molar-refractivity contribution is 5.91. The van der Waals surface area contributed by atoms with Crippen LogP contribution in [-0.4, -0.2) is 19.1 Å². The Morgan fingerprint density at radius 3 is 2.42 bits per heavy atom. The molecule has 1 amide bonds. The molecule has 0 aliphatic rings. The first kappa shape index (κ1) is 15.7. The molecule has 0 saturated carbocycles. The number of anilines is 1. The van der Waals surface area contributed by atoms with Gasteiger partial charge in [-0.25, -0.2) is 0 Å². The molecule has 3 N–H and O–H groups in total. The van der Waals surface area contributed by atoms with Crippen molar-refractivity contribution in [3.8, 4) is 0 Å². The summed E-state index contributed by atoms with van der Waals surface area (Å²) < 4.78 is 5.36. The van der Waals surface area contributed by atoms with Gasteiger partial charge in [0.05, 0.1) is 0 Å². The summed E-state index contributed by atoms with van der Waals surface area (Å²) >= 11 is 0. The first-order valence-corrected chi connectivity index (χ1v) is 6.57. The van der Waals surface area contributed by atoms with Gasteiger partial charge in [-0.3, -0.25) is 4.79 Å². The average molecular weight is 264 g/mol. The maximum atomic E-state index is 11.6. The Morgan fingerprint density at radius 2 is 1.89 bits per heavy atom. The molecule has 0 heterocycles. The Kier molecular flexibility index (Phi) is 5.99. The monoisotopic (exact) mass is 264 g/mol. The largest absolute Gasteiger partial charge is 0.372 e. The van der Waals surface area contributed by atoms with Gasteiger partial charge in [-0.15, -0.1) is 0 Å². The van der Waals surface area contributed by atoms with Crippen LogP contribution in [0.15, 0.2) is 24.3 Å². The molecule has 106 valence electrons. The van der Waals surface area contributed by atoms with Crippen LogP contribution in [0.5, 0.6) is 0 Å². The van der Waals surface area contributed by atoms with E-state index >= 15 is 0 Å². The summed E-state index contributed by atoms with van der Waals surface area (Å²) in [7, 11) is 0. The fraction of sp³-hybridized carbons (Fsp3) is 0.533. The molecule has 0 radical (unpaired) electrons. The number of rotatable bonds is 6. The predicted octanol–water partition coefficient (Wildman–Crippen LogP) is 2.54. The Balaban J connectivity index is 2.27. The van der Waals surface area contributed by atoms with Crippen molar-refractivity contribution in [2.75, 3.05) is 18.5 Å². The molecule has 1 aromatic carbocycles. The van der Waals surface area contributed by atoms with Crippen molar-refractivity contribution in [1.82, 2.24) is 0 Å². The van der Waals surface area contributed by atoms with Gasteiger partial charge >= 0.3 is 0 Å². The van der Waals surface area contributed by atoms with E-state index in [-0.39, 0.29) is 17.9 Å². The van der Waals surface area contributed by atoms with Crippen molar-refractivity contribution in [3.05, 3.63) is 29.8 Å². The fourth-order valence-corrected chi connectivity index (χ4v) is 1.46. The molecule has 4 nitrogen and oxygen atoms in total. The van der Waals surface area contributed by atoms with Gasteiger partial charge in [-0.1, -0.05) is 32.9 Å². The minimum atomic E-state index is -0.130. The van der Waals surface area contributed by atoms with E-state index in [1.165, 1.54) is 0 Å². The molecule has 0 fully saturated rings. The van der Waals surface area contributed by atoms with Gasteiger partial charge in [-0.05, 0) is 29.5 Å². The highest BCUT2D eigenvalue weighted by atomic mass is 16.5. The van der Waals surface area contributed by atoms with Crippen LogP contribution in [0.4, 0.5) is 5.69 Å². The van der Waals surface area contributed by atoms with Crippen molar-refractivity contribution < 1.29 is 9.53 Å². The molecule has 0 aromatic heterocycles. The quantitative estimate of drug-likeness (QED) is 0.776. The van der Waals surface area contributed by atoms with Crippen molar-refractivity contribution in [2.24, 2.45) is 11.1 Å². The van der Waals surface area contributed by atoms with E-state index in [1.54, 1.807) is 0 Å². The molecule has 0 saturated heterocycles. The van der Waals surface area contributed by atoms with Gasteiger partial charge in [0.15, 0.2) is 0 Å². The van der Waals surface area contributed by atoms with Crippen molar-refractivity contribution in [2.45, 2.75) is 33.7 Å². The lowest BCUT2D eigenvalue weighted by Crippen LogP contribution is -2.20. The zero-order valence-electron chi connectivity index (χ0n) is 12.0. The van der Waals surface area contributed by atoms with E-state index in [1.807, 2.05) is 24.3 Å². The molecular weight excluding hydrogens is 240 g/mol. The molecule has 0 unspecified atom stereocenters. The van der Waals surface area contributed by atoms with E-state index in [0.29, 0.717) is 13.2 Å². The van der Waals surface area contributed by atoms with Gasteiger partial charge in [0, 0.05) is 18.8 Å². The smallest absolute Gasteiger partial charge is 0.250 e. The van der Waals surface area contributed by atoms with Crippen molar-refractivity contribution in [1.29, 1.82) is 0 Å². The van der Waals surface area contributed by atoms with Crippen LogP contribution >= 0.6 is 0 Å². The third-order valence-corrected chi connectivity index (χ3v) is 2.70. The summed E-state index contributed by atoms with van der Waals surface area (Å²) in [4.78, 5) is 11.6. The number of nitrogens with one attached hydrogen (secondary N) is 1. The topological polar surface area (TPSA) is 64.3 Å². The zero-order valence-corrected chi connectivity index (χ0v) is 12.0. The van der Waals surface area contributed by atoms with Gasteiger partial charge < -0.3 is 15.8 Å². The summed E-state index contributed by atoms with van der Waals surface area (Å²) in [6.07, 6.45) is 0.936. The Bertz CT molecular complexity index is 394. The lowest BCUT2D eigenvalue weighted by Gasteiger charge is -2.17. The number of hydrogen-bond acceptors (Lipinski definition) is 3. The summed E-state index contributed by atoms with van der Waals surface area (Å²) in [6.45, 7) is 7.64. The van der Waals surface area contributed by atoms with Gasteiger partial charge in [0.25, 0.3) is 0 Å². The van der Waals surface area contributed by atoms with Crippen LogP contribution in [0.1, 0.15) is 32.8 Å². The highest BCUT2D eigenvalue weighted by Gasteiger charge is 2.10. The maximum absolute atomic E-state index is 11.6. The predicted molar refractivity (Wildman–Crippen MR) is 77.9 cm³/mol. The number of carbonyl (C=O) groups is 1. The lowest BCUT2D eigenvalue weighted by molar-refractivity contribution is -0.120. The Morgan fingerprint density at radius 1 is 1.26 bits per heavy atom. The van der Waals surface area contributed by atoms with Gasteiger partial charge in [-0.2, -0.15) is 0 Å². The Labute approximate surface area is 115 Å². The second-order valence-electron chi connectivity index (χ2n) is 5.81. The van der Waals surface area contributed by atoms with Crippen molar-refractivity contribution in [3.63, 3.8) is 0 Å². The molecular formula is C15H24N2O2. The number of ether oxygens (including phenoxy) is 1. The third kappa shape index (κ3) is 6.94. The fourth-order valence-electron chi connectivity index (χ4n) is 1.46. The number of amides is 1. The summed E-state index contributed by atoms with van der Waals surface area (Å²) in [6, 6.07) is 7.48. The van der Waals surface area contributed by atoms with Crippen LogP contribution in [0.25, 0.3) is 0 Å². The molecule has 0 bridgehead atoms. The standard InChI is InChI=1S/C15H24N2O2/c1-15(2,3)8-9-19-11-14(18)17-13-6-4-12(10-16)5-7-13/h4-7H,8-11,16H2,1-3H3,(H,17,18). The molecule has 19 heavy (non-hydrogen) atoms. The second-order valence-corrected chi connectivity index (χ2v) is 5.81. The first-order chi connectivity index (χ1) is 8.90. The van der Waals surface area contributed by atoms with Gasteiger partial charge in [0.2, 0.25) is 5.91 Å². The molecule has 0 spiro atoms. The lowest BCUT2D eigenvalue weighted by atomic mass is 9.93. The average Bonchev–Trinajstić information content (AvgIpc) is 2.34. The summed E-state index contributed by atoms with van der Waals surface area (Å²) in [5, 5.41) is 2.79. The molecule has 0 aliphatic carbocycles. The number of nitrogens with two attached hydrogens (primary N) is 1. The van der Waals surface area contributed by atoms with Crippen LogP contribution in [0, 0.1) is 5.41 Å². The van der Waals surface area contributed by atoms with E-state index in [0.717, 1.165) is 17.7 Å². The number of benzene rings is 1. The van der Waals surface area contributed by atoms with Crippen LogP contribution in [0.2, 0.25) is 0 Å². The molecule has 4 heteroatoms. The summed E-state index contributed by atoms with van der Waals surface area (Å²) in [5.41, 5.74) is 7.55. The van der Waals surface area contributed by atoms with Crippen LogP contribution in [-0.2, 0) is 16.1 Å². The van der Waals surface area contributed by atoms with E-state index in [9.17, 15) is 4.79 Å². The van der Waals surface area contributed by atoms with E-state index in [4.69, 9.17) is 10.5 Å². The minimum Gasteiger partial charge on any atom is -0.372 e. The minimum absolute atomic E-state index is 0.0920. The molecule has 0 aliphatic heterocycles. The van der Waals surface area contributed by atoms with Crippen molar-refractivity contribution >= 4 is 11.6 Å². The Hall–Kier alpha value is -1.39. The van der Waals surface area contributed by atoms with Gasteiger partial charge in [0.1, 0.15) is 6.61 Å². The molecule has 1 rings (SSSR count). The van der Waals surface area contributed by atoms with Crippen LogP contribution in [0.3, 0.4) is 0 Å². The SMILES string of the molecule is CC(C)(C)CCOCC(=O)Nc1ccc(CN)cc1. The highest BCUT2D eigenvalue weighted by Crippen LogP contribution is 2.17. The van der Waals surface area contributed by atoms with E-state index in [2.05, 4.69) is 26.1 Å². The van der Waals surface area contributed by atoms with Crippen LogP contribution < -0.4 is 11.1 Å². The molecule has 1 aromatic rings. The summed E-state index contributed by atoms with van der Waals surface area (Å²) in [5.74, 6) is -0.130. The first-order valence-electron chi connectivity index (χ1n) is 6.57. The number of carbonyl (C=O) groups excluding carboxylic acids is 1. The zero-order chi connectivity index (χ0) is 14.3. The maximum Gasteiger partial charge on any atom is 0.250 e. The third-order valence-electron chi connectivity index (χ3n) is 2.70. The number of hydrogen-bond donors (Lipinski definition) is 2. The van der Waals surface area contributed by atoms with E-state index < -0.39 is 0 Å². The second kappa shape index (κ2) is 7.26. The normalized spacial score (nSPS) is 11.4.